The zero-order valence-electron chi connectivity index (χ0n) is 18.6. The maximum Gasteiger partial charge on any atom is 0.407 e. The molecule has 0 radical (unpaired) electrons. The van der Waals surface area contributed by atoms with Gasteiger partial charge >= 0.3 is 6.09 Å². The van der Waals surface area contributed by atoms with E-state index in [1.807, 2.05) is 44.7 Å². The molecule has 1 heterocycles. The minimum atomic E-state index is -0.504. The Morgan fingerprint density at radius 1 is 1.10 bits per heavy atom. The fourth-order valence-corrected chi connectivity index (χ4v) is 3.10. The van der Waals surface area contributed by atoms with Gasteiger partial charge in [-0.15, -0.1) is 0 Å². The lowest BCUT2D eigenvalue weighted by atomic mass is 10.00. The second-order valence-electron chi connectivity index (χ2n) is 8.24. The Morgan fingerprint density at radius 2 is 1.80 bits per heavy atom. The lowest BCUT2D eigenvalue weighted by molar-refractivity contribution is -0.130. The van der Waals surface area contributed by atoms with E-state index in [4.69, 9.17) is 4.74 Å². The van der Waals surface area contributed by atoms with Crippen LogP contribution in [-0.4, -0.2) is 61.2 Å². The third-order valence-corrected chi connectivity index (χ3v) is 4.51. The SMILES string of the molecule is CCNC(=NCC(=O)N1CCc2ccccc2C1)NCCCNC(=O)OC(C)(C)C. The molecular weight excluding hydrogens is 382 g/mol. The Morgan fingerprint density at radius 3 is 2.50 bits per heavy atom. The number of carbonyl (C=O) groups excluding carboxylic acids is 2. The van der Waals surface area contributed by atoms with Crippen LogP contribution in [0.5, 0.6) is 0 Å². The fourth-order valence-electron chi connectivity index (χ4n) is 3.10. The predicted molar refractivity (Wildman–Crippen MR) is 118 cm³/mol. The van der Waals surface area contributed by atoms with Crippen LogP contribution >= 0.6 is 0 Å². The smallest absolute Gasteiger partial charge is 0.407 e. The van der Waals surface area contributed by atoms with Crippen molar-refractivity contribution >= 4 is 18.0 Å². The van der Waals surface area contributed by atoms with Crippen LogP contribution in [0.2, 0.25) is 0 Å². The summed E-state index contributed by atoms with van der Waals surface area (Å²) in [6.45, 7) is 10.8. The van der Waals surface area contributed by atoms with Crippen LogP contribution in [0.15, 0.2) is 29.3 Å². The molecule has 0 bridgehead atoms. The first kappa shape index (κ1) is 23.5. The maximum atomic E-state index is 12.6. The highest BCUT2D eigenvalue weighted by Gasteiger charge is 2.20. The Labute approximate surface area is 179 Å². The first-order valence-electron chi connectivity index (χ1n) is 10.6. The van der Waals surface area contributed by atoms with Gasteiger partial charge in [0, 0.05) is 32.7 Å². The molecule has 1 aromatic rings. The number of carbonyl (C=O) groups is 2. The summed E-state index contributed by atoms with van der Waals surface area (Å²) in [7, 11) is 0. The van der Waals surface area contributed by atoms with E-state index in [0.29, 0.717) is 38.6 Å². The van der Waals surface area contributed by atoms with Gasteiger partial charge in [-0.2, -0.15) is 0 Å². The number of alkyl carbamates (subject to hydrolysis) is 1. The van der Waals surface area contributed by atoms with Gasteiger partial charge in [0.05, 0.1) is 0 Å². The molecule has 1 aromatic carbocycles. The van der Waals surface area contributed by atoms with Gasteiger partial charge < -0.3 is 25.6 Å². The monoisotopic (exact) mass is 417 g/mol. The Hall–Kier alpha value is -2.77. The van der Waals surface area contributed by atoms with Crippen LogP contribution < -0.4 is 16.0 Å². The van der Waals surface area contributed by atoms with Crippen LogP contribution in [0.1, 0.15) is 45.2 Å². The van der Waals surface area contributed by atoms with Crippen LogP contribution in [0.4, 0.5) is 4.79 Å². The zero-order chi connectivity index (χ0) is 22.0. The molecule has 0 saturated heterocycles. The molecule has 3 N–H and O–H groups in total. The number of guanidine groups is 1. The van der Waals surface area contributed by atoms with Crippen molar-refractivity contribution in [3.63, 3.8) is 0 Å². The summed E-state index contributed by atoms with van der Waals surface area (Å²) in [5, 5.41) is 9.06. The van der Waals surface area contributed by atoms with Crippen molar-refractivity contribution in [2.45, 2.75) is 52.7 Å². The summed E-state index contributed by atoms with van der Waals surface area (Å²) in [5.41, 5.74) is 2.03. The number of fused-ring (bicyclic) bond motifs is 1. The van der Waals surface area contributed by atoms with Crippen molar-refractivity contribution < 1.29 is 14.3 Å². The van der Waals surface area contributed by atoms with E-state index in [9.17, 15) is 9.59 Å². The maximum absolute atomic E-state index is 12.6. The summed E-state index contributed by atoms with van der Waals surface area (Å²) in [6.07, 6.45) is 1.17. The van der Waals surface area contributed by atoms with Gasteiger partial charge in [0.1, 0.15) is 12.1 Å². The zero-order valence-corrected chi connectivity index (χ0v) is 18.6. The van der Waals surface area contributed by atoms with Gasteiger partial charge in [-0.25, -0.2) is 9.79 Å². The van der Waals surface area contributed by atoms with E-state index in [2.05, 4.69) is 33.1 Å². The second-order valence-corrected chi connectivity index (χ2v) is 8.24. The summed E-state index contributed by atoms with van der Waals surface area (Å²) in [4.78, 5) is 30.5. The Kier molecular flexibility index (Phi) is 8.95. The van der Waals surface area contributed by atoms with Crippen LogP contribution in [0.25, 0.3) is 0 Å². The summed E-state index contributed by atoms with van der Waals surface area (Å²) in [6, 6.07) is 8.25. The molecule has 166 valence electrons. The van der Waals surface area contributed by atoms with Crippen molar-refractivity contribution in [3.05, 3.63) is 35.4 Å². The van der Waals surface area contributed by atoms with E-state index in [-0.39, 0.29) is 12.5 Å². The molecule has 0 aliphatic carbocycles. The average molecular weight is 418 g/mol. The van der Waals surface area contributed by atoms with Crippen LogP contribution in [0.3, 0.4) is 0 Å². The second kappa shape index (κ2) is 11.4. The lowest BCUT2D eigenvalue weighted by Gasteiger charge is -2.28. The Bertz CT molecular complexity index is 743. The summed E-state index contributed by atoms with van der Waals surface area (Å²) in [5.74, 6) is 0.619. The molecular formula is C22H35N5O3. The fraction of sp³-hybridized carbons (Fsp3) is 0.591. The summed E-state index contributed by atoms with van der Waals surface area (Å²) >= 11 is 0. The lowest BCUT2D eigenvalue weighted by Crippen LogP contribution is -2.41. The predicted octanol–water partition coefficient (Wildman–Crippen LogP) is 2.04. The molecule has 0 fully saturated rings. The highest BCUT2D eigenvalue weighted by Crippen LogP contribution is 2.18. The quantitative estimate of drug-likeness (QED) is 0.359. The number of nitrogens with zero attached hydrogens (tertiary/aromatic N) is 2. The van der Waals surface area contributed by atoms with E-state index in [0.717, 1.165) is 13.0 Å². The van der Waals surface area contributed by atoms with Crippen LogP contribution in [0, 0.1) is 0 Å². The number of hydrogen-bond acceptors (Lipinski definition) is 4. The summed E-state index contributed by atoms with van der Waals surface area (Å²) < 4.78 is 5.20. The van der Waals surface area contributed by atoms with Crippen LogP contribution in [-0.2, 0) is 22.5 Å². The topological polar surface area (TPSA) is 95.1 Å². The van der Waals surface area contributed by atoms with Gasteiger partial charge in [0.15, 0.2) is 5.96 Å². The molecule has 0 unspecified atom stereocenters. The molecule has 30 heavy (non-hydrogen) atoms. The van der Waals surface area contributed by atoms with Crippen molar-refractivity contribution in [2.24, 2.45) is 4.99 Å². The molecule has 0 saturated carbocycles. The molecule has 8 heteroatoms. The third kappa shape index (κ3) is 8.31. The van der Waals surface area contributed by atoms with Crippen molar-refractivity contribution in [2.75, 3.05) is 32.7 Å². The standard InChI is InChI=1S/C22H35N5O3/c1-5-23-20(24-12-8-13-25-21(29)30-22(2,3)4)26-15-19(28)27-14-11-17-9-6-7-10-18(17)16-27/h6-7,9-10H,5,8,11-16H2,1-4H3,(H,25,29)(H2,23,24,26). The Balaban J connectivity index is 1.73. The number of aliphatic imine (C=N–C) groups is 1. The molecule has 2 rings (SSSR count). The molecule has 0 atom stereocenters. The van der Waals surface area contributed by atoms with Gasteiger partial charge in [0.25, 0.3) is 0 Å². The molecule has 0 spiro atoms. The normalized spacial score (nSPS) is 14.0. The minimum absolute atomic E-state index is 0.0216. The van der Waals surface area contributed by atoms with Gasteiger partial charge in [-0.3, -0.25) is 4.79 Å². The number of nitrogens with one attached hydrogen (secondary N) is 3. The average Bonchev–Trinajstić information content (AvgIpc) is 2.69. The number of hydrogen-bond donors (Lipinski definition) is 3. The largest absolute Gasteiger partial charge is 0.444 e. The molecule has 2 amide bonds. The molecule has 1 aliphatic heterocycles. The number of benzene rings is 1. The van der Waals surface area contributed by atoms with E-state index >= 15 is 0 Å². The number of ether oxygens (including phenoxy) is 1. The first-order valence-corrected chi connectivity index (χ1v) is 10.6. The highest BCUT2D eigenvalue weighted by molar-refractivity contribution is 5.85. The van der Waals surface area contributed by atoms with Crippen molar-refractivity contribution in [1.82, 2.24) is 20.9 Å². The van der Waals surface area contributed by atoms with Gasteiger partial charge in [0.2, 0.25) is 5.91 Å². The van der Waals surface area contributed by atoms with E-state index in [1.165, 1.54) is 11.1 Å². The molecule has 1 aliphatic rings. The first-order chi connectivity index (χ1) is 14.3. The van der Waals surface area contributed by atoms with E-state index in [1.54, 1.807) is 0 Å². The van der Waals surface area contributed by atoms with Gasteiger partial charge in [-0.05, 0) is 51.7 Å². The third-order valence-electron chi connectivity index (χ3n) is 4.51. The molecule has 0 aromatic heterocycles. The number of amides is 2. The minimum Gasteiger partial charge on any atom is -0.444 e. The van der Waals surface area contributed by atoms with E-state index < -0.39 is 11.7 Å². The molecule has 8 nitrogen and oxygen atoms in total. The van der Waals surface area contributed by atoms with Gasteiger partial charge in [-0.1, -0.05) is 24.3 Å². The van der Waals surface area contributed by atoms with Crippen molar-refractivity contribution in [3.8, 4) is 0 Å². The number of rotatable bonds is 7. The highest BCUT2D eigenvalue weighted by atomic mass is 16.6. The van der Waals surface area contributed by atoms with Crippen molar-refractivity contribution in [1.29, 1.82) is 0 Å².